The molecule has 0 unspecified atom stereocenters. The third-order valence-electron chi connectivity index (χ3n) is 4.21. The van der Waals surface area contributed by atoms with Crippen LogP contribution in [0.2, 0.25) is 0 Å². The molecule has 9 heteroatoms. The van der Waals surface area contributed by atoms with Gasteiger partial charge in [0.05, 0.1) is 0 Å². The van der Waals surface area contributed by atoms with Gasteiger partial charge in [0.15, 0.2) is 0 Å². The second kappa shape index (κ2) is 5.77. The van der Waals surface area contributed by atoms with Gasteiger partial charge in [-0.05, 0) is 30.8 Å². The first kappa shape index (κ1) is 15.1. The SMILES string of the molecule is O=C1CCCCN1C1CCN(c2noc(C(F)(F)F)n2)CC1. The maximum atomic E-state index is 12.5. The zero-order valence-electron chi connectivity index (χ0n) is 12.0. The normalized spacial score (nSPS) is 21.5. The van der Waals surface area contributed by atoms with Crippen LogP contribution in [0.1, 0.15) is 38.0 Å². The van der Waals surface area contributed by atoms with Crippen LogP contribution in [0.4, 0.5) is 19.1 Å². The van der Waals surface area contributed by atoms with Crippen molar-refractivity contribution in [3.63, 3.8) is 0 Å². The van der Waals surface area contributed by atoms with E-state index >= 15 is 0 Å². The van der Waals surface area contributed by atoms with Gasteiger partial charge in [-0.25, -0.2) is 0 Å². The van der Waals surface area contributed by atoms with Crippen LogP contribution < -0.4 is 4.90 Å². The summed E-state index contributed by atoms with van der Waals surface area (Å²) in [5.74, 6) is -1.17. The molecule has 0 spiro atoms. The predicted molar refractivity (Wildman–Crippen MR) is 70.1 cm³/mol. The van der Waals surface area contributed by atoms with Crippen LogP contribution in [-0.2, 0) is 11.0 Å². The lowest BCUT2D eigenvalue weighted by molar-refractivity contribution is -0.159. The molecule has 1 aromatic heterocycles. The van der Waals surface area contributed by atoms with Gasteiger partial charge in [-0.15, -0.1) is 0 Å². The number of piperidine rings is 2. The van der Waals surface area contributed by atoms with Crippen LogP contribution >= 0.6 is 0 Å². The molecule has 2 fully saturated rings. The van der Waals surface area contributed by atoms with Crippen LogP contribution in [0, 0.1) is 0 Å². The fraction of sp³-hybridized carbons (Fsp3) is 0.769. The molecule has 0 bridgehead atoms. The Morgan fingerprint density at radius 2 is 1.86 bits per heavy atom. The van der Waals surface area contributed by atoms with E-state index < -0.39 is 12.1 Å². The van der Waals surface area contributed by atoms with Crippen molar-refractivity contribution in [2.24, 2.45) is 0 Å². The molecule has 6 nitrogen and oxygen atoms in total. The van der Waals surface area contributed by atoms with E-state index in [2.05, 4.69) is 14.7 Å². The summed E-state index contributed by atoms with van der Waals surface area (Å²) >= 11 is 0. The number of alkyl halides is 3. The van der Waals surface area contributed by atoms with Crippen molar-refractivity contribution in [1.29, 1.82) is 0 Å². The number of halogens is 3. The van der Waals surface area contributed by atoms with Gasteiger partial charge in [-0.1, -0.05) is 0 Å². The first-order valence-electron chi connectivity index (χ1n) is 7.40. The maximum Gasteiger partial charge on any atom is 0.471 e. The number of rotatable bonds is 2. The van der Waals surface area contributed by atoms with E-state index in [-0.39, 0.29) is 17.9 Å². The average molecular weight is 318 g/mol. The minimum absolute atomic E-state index is 0.0317. The van der Waals surface area contributed by atoms with Crippen LogP contribution in [0.15, 0.2) is 4.52 Å². The second-order valence-corrected chi connectivity index (χ2v) is 5.66. The topological polar surface area (TPSA) is 62.5 Å². The van der Waals surface area contributed by atoms with Crippen molar-refractivity contribution >= 4 is 11.9 Å². The third kappa shape index (κ3) is 3.02. The lowest BCUT2D eigenvalue weighted by atomic mass is 10.00. The summed E-state index contributed by atoms with van der Waals surface area (Å²) in [7, 11) is 0. The second-order valence-electron chi connectivity index (χ2n) is 5.66. The van der Waals surface area contributed by atoms with Crippen molar-refractivity contribution in [2.75, 3.05) is 24.5 Å². The molecule has 3 rings (SSSR count). The fourth-order valence-electron chi connectivity index (χ4n) is 3.05. The highest BCUT2D eigenvalue weighted by Gasteiger charge is 2.39. The fourth-order valence-corrected chi connectivity index (χ4v) is 3.05. The van der Waals surface area contributed by atoms with Crippen molar-refractivity contribution in [2.45, 2.75) is 44.3 Å². The van der Waals surface area contributed by atoms with E-state index in [4.69, 9.17) is 0 Å². The molecule has 2 saturated heterocycles. The van der Waals surface area contributed by atoms with Crippen molar-refractivity contribution in [3.05, 3.63) is 5.89 Å². The van der Waals surface area contributed by atoms with Gasteiger partial charge in [0.2, 0.25) is 5.91 Å². The Morgan fingerprint density at radius 1 is 1.14 bits per heavy atom. The number of anilines is 1. The molecule has 122 valence electrons. The van der Waals surface area contributed by atoms with Crippen LogP contribution in [0.25, 0.3) is 0 Å². The van der Waals surface area contributed by atoms with E-state index in [9.17, 15) is 18.0 Å². The Bertz CT molecular complexity index is 538. The standard InChI is InChI=1S/C13H17F3N4O2/c14-13(15,16)11-17-12(18-22-11)19-7-4-9(5-8-19)20-6-2-1-3-10(20)21/h9H,1-8H2. The van der Waals surface area contributed by atoms with Crippen LogP contribution in [-0.4, -0.2) is 46.6 Å². The number of nitrogens with zero attached hydrogens (tertiary/aromatic N) is 4. The molecule has 0 saturated carbocycles. The van der Waals surface area contributed by atoms with Crippen LogP contribution in [0.5, 0.6) is 0 Å². The molecule has 2 aliphatic rings. The zero-order valence-corrected chi connectivity index (χ0v) is 12.0. The molecule has 1 aromatic rings. The van der Waals surface area contributed by atoms with Gasteiger partial charge in [-0.2, -0.15) is 18.2 Å². The Morgan fingerprint density at radius 3 is 2.45 bits per heavy atom. The summed E-state index contributed by atoms with van der Waals surface area (Å²) < 4.78 is 41.6. The Hall–Kier alpha value is -1.80. The number of hydrogen-bond donors (Lipinski definition) is 0. The summed E-state index contributed by atoms with van der Waals surface area (Å²) in [6.45, 7) is 1.82. The number of hydrogen-bond acceptors (Lipinski definition) is 5. The number of carbonyl (C=O) groups excluding carboxylic acids is 1. The predicted octanol–water partition coefficient (Wildman–Crippen LogP) is 2.07. The Balaban J connectivity index is 1.59. The first-order chi connectivity index (χ1) is 10.4. The van der Waals surface area contributed by atoms with Crippen molar-refractivity contribution in [3.8, 4) is 0 Å². The van der Waals surface area contributed by atoms with Gasteiger partial charge in [0, 0.05) is 32.1 Å². The lowest BCUT2D eigenvalue weighted by Gasteiger charge is -2.39. The summed E-state index contributed by atoms with van der Waals surface area (Å²) in [4.78, 5) is 18.9. The Labute approximate surface area is 125 Å². The molecule has 0 atom stereocenters. The highest BCUT2D eigenvalue weighted by molar-refractivity contribution is 5.77. The minimum atomic E-state index is -4.62. The number of likely N-dealkylation sites (tertiary alicyclic amines) is 1. The highest BCUT2D eigenvalue weighted by atomic mass is 19.4. The number of aromatic nitrogens is 2. The molecule has 3 heterocycles. The van der Waals surface area contributed by atoms with E-state index in [1.807, 2.05) is 4.90 Å². The monoisotopic (exact) mass is 318 g/mol. The molecule has 22 heavy (non-hydrogen) atoms. The minimum Gasteiger partial charge on any atom is -0.340 e. The Kier molecular flexibility index (Phi) is 3.96. The number of amides is 1. The quantitative estimate of drug-likeness (QED) is 0.835. The van der Waals surface area contributed by atoms with E-state index in [0.717, 1.165) is 19.4 Å². The molecule has 0 aromatic carbocycles. The molecular weight excluding hydrogens is 301 g/mol. The van der Waals surface area contributed by atoms with E-state index in [1.54, 1.807) is 4.90 Å². The highest BCUT2D eigenvalue weighted by Crippen LogP contribution is 2.30. The van der Waals surface area contributed by atoms with Gasteiger partial charge in [-0.3, -0.25) is 4.79 Å². The summed E-state index contributed by atoms with van der Waals surface area (Å²) in [5.41, 5.74) is 0. The maximum absolute atomic E-state index is 12.5. The molecule has 0 radical (unpaired) electrons. The van der Waals surface area contributed by atoms with Crippen molar-refractivity contribution in [1.82, 2.24) is 15.0 Å². The molecule has 2 aliphatic heterocycles. The summed E-state index contributed by atoms with van der Waals surface area (Å²) in [6, 6.07) is 0.165. The van der Waals surface area contributed by atoms with Crippen molar-refractivity contribution < 1.29 is 22.5 Å². The average Bonchev–Trinajstić information content (AvgIpc) is 2.98. The van der Waals surface area contributed by atoms with E-state index in [0.29, 0.717) is 32.4 Å². The van der Waals surface area contributed by atoms with Gasteiger partial charge >= 0.3 is 12.1 Å². The summed E-state index contributed by atoms with van der Waals surface area (Å²) in [6.07, 6.45) is -0.643. The summed E-state index contributed by atoms with van der Waals surface area (Å²) in [5, 5.41) is 3.40. The third-order valence-corrected chi connectivity index (χ3v) is 4.21. The lowest BCUT2D eigenvalue weighted by Crippen LogP contribution is -2.49. The number of carbonyl (C=O) groups is 1. The van der Waals surface area contributed by atoms with Crippen LogP contribution in [0.3, 0.4) is 0 Å². The van der Waals surface area contributed by atoms with Gasteiger partial charge < -0.3 is 14.3 Å². The zero-order chi connectivity index (χ0) is 15.7. The molecular formula is C13H17F3N4O2. The van der Waals surface area contributed by atoms with Gasteiger partial charge in [0.1, 0.15) is 0 Å². The van der Waals surface area contributed by atoms with E-state index in [1.165, 1.54) is 0 Å². The molecule has 0 N–H and O–H groups in total. The largest absolute Gasteiger partial charge is 0.471 e. The molecule has 0 aliphatic carbocycles. The molecule has 1 amide bonds. The smallest absolute Gasteiger partial charge is 0.340 e. The van der Waals surface area contributed by atoms with Gasteiger partial charge in [0.25, 0.3) is 5.95 Å². The first-order valence-corrected chi connectivity index (χ1v) is 7.40.